The Hall–Kier alpha value is -1.83. The van der Waals surface area contributed by atoms with E-state index in [1.165, 1.54) is 4.31 Å². The zero-order chi connectivity index (χ0) is 15.6. The van der Waals surface area contributed by atoms with Crippen molar-refractivity contribution >= 4 is 10.0 Å². The molecule has 3 rings (SSSR count). The van der Waals surface area contributed by atoms with Gasteiger partial charge in [0.2, 0.25) is 10.0 Å². The topological polar surface area (TPSA) is 89.2 Å². The van der Waals surface area contributed by atoms with Gasteiger partial charge in [-0.2, -0.15) is 4.31 Å². The van der Waals surface area contributed by atoms with Crippen molar-refractivity contribution in [2.45, 2.75) is 23.8 Å². The van der Waals surface area contributed by atoms with Crippen molar-refractivity contribution in [1.29, 1.82) is 0 Å². The van der Waals surface area contributed by atoms with Crippen molar-refractivity contribution in [3.63, 3.8) is 0 Å². The van der Waals surface area contributed by atoms with E-state index in [0.717, 1.165) is 11.3 Å². The highest BCUT2D eigenvalue weighted by atomic mass is 32.2. The average molecular weight is 318 g/mol. The van der Waals surface area contributed by atoms with Crippen LogP contribution in [0.15, 0.2) is 47.8 Å². The molecule has 22 heavy (non-hydrogen) atoms. The predicted octanol–water partition coefficient (Wildman–Crippen LogP) is 1.26. The zero-order valence-corrected chi connectivity index (χ0v) is 12.9. The van der Waals surface area contributed by atoms with Gasteiger partial charge in [-0.05, 0) is 25.0 Å². The average Bonchev–Trinajstić information content (AvgIpc) is 2.56. The molecule has 0 unspecified atom stereocenters. The van der Waals surface area contributed by atoms with Crippen molar-refractivity contribution in [2.75, 3.05) is 13.1 Å². The van der Waals surface area contributed by atoms with Crippen LogP contribution in [0.2, 0.25) is 0 Å². The normalized spacial score (nSPS) is 17.5. The molecule has 0 saturated carbocycles. The van der Waals surface area contributed by atoms with Crippen LogP contribution in [-0.2, 0) is 10.0 Å². The SMILES string of the molecule is NC1CCN(S(=O)(=O)c2ccc(-c3cnccn3)cc2)CC1. The summed E-state index contributed by atoms with van der Waals surface area (Å²) in [6.45, 7) is 0.963. The minimum atomic E-state index is -3.44. The van der Waals surface area contributed by atoms with Gasteiger partial charge in [0.25, 0.3) is 0 Å². The van der Waals surface area contributed by atoms with Crippen LogP contribution in [0.3, 0.4) is 0 Å². The van der Waals surface area contributed by atoms with Gasteiger partial charge in [0.15, 0.2) is 0 Å². The van der Waals surface area contributed by atoms with E-state index in [2.05, 4.69) is 9.97 Å². The van der Waals surface area contributed by atoms with E-state index in [1.807, 2.05) is 0 Å². The second-order valence-electron chi connectivity index (χ2n) is 5.36. The molecular formula is C15H18N4O2S. The molecule has 0 aliphatic carbocycles. The first kappa shape index (κ1) is 15.1. The van der Waals surface area contributed by atoms with E-state index in [9.17, 15) is 8.42 Å². The smallest absolute Gasteiger partial charge is 0.243 e. The maximum absolute atomic E-state index is 12.6. The Morgan fingerprint density at radius 2 is 1.77 bits per heavy atom. The molecule has 116 valence electrons. The van der Waals surface area contributed by atoms with Crippen LogP contribution in [0.4, 0.5) is 0 Å². The van der Waals surface area contributed by atoms with Gasteiger partial charge in [0.1, 0.15) is 0 Å². The molecular weight excluding hydrogens is 300 g/mol. The molecule has 1 fully saturated rings. The van der Waals surface area contributed by atoms with Crippen molar-refractivity contribution < 1.29 is 8.42 Å². The summed E-state index contributed by atoms with van der Waals surface area (Å²) >= 11 is 0. The molecule has 6 nitrogen and oxygen atoms in total. The van der Waals surface area contributed by atoms with Gasteiger partial charge in [-0.1, -0.05) is 12.1 Å². The maximum Gasteiger partial charge on any atom is 0.243 e. The molecule has 2 N–H and O–H groups in total. The molecule has 1 aromatic carbocycles. The lowest BCUT2D eigenvalue weighted by atomic mass is 10.1. The number of piperidine rings is 1. The number of nitrogens with two attached hydrogens (primary N) is 1. The Bertz CT molecular complexity index is 724. The molecule has 0 amide bonds. The third kappa shape index (κ3) is 3.01. The lowest BCUT2D eigenvalue weighted by Gasteiger charge is -2.29. The molecule has 2 aromatic rings. The van der Waals surface area contributed by atoms with E-state index in [0.29, 0.717) is 30.8 Å². The minimum absolute atomic E-state index is 0.102. The maximum atomic E-state index is 12.6. The number of benzene rings is 1. The number of rotatable bonds is 3. The molecule has 0 spiro atoms. The van der Waals surface area contributed by atoms with Gasteiger partial charge in [-0.3, -0.25) is 9.97 Å². The Labute approximate surface area is 130 Å². The molecule has 1 aromatic heterocycles. The number of sulfonamides is 1. The lowest BCUT2D eigenvalue weighted by molar-refractivity contribution is 0.320. The lowest BCUT2D eigenvalue weighted by Crippen LogP contribution is -2.42. The Balaban J connectivity index is 1.83. The van der Waals surface area contributed by atoms with Crippen molar-refractivity contribution in [2.24, 2.45) is 5.73 Å². The molecule has 7 heteroatoms. The molecule has 0 radical (unpaired) electrons. The quantitative estimate of drug-likeness (QED) is 0.920. The van der Waals surface area contributed by atoms with Crippen LogP contribution < -0.4 is 5.73 Å². The molecule has 0 bridgehead atoms. The van der Waals surface area contributed by atoms with Crippen LogP contribution >= 0.6 is 0 Å². The summed E-state index contributed by atoms with van der Waals surface area (Å²) in [7, 11) is -3.44. The summed E-state index contributed by atoms with van der Waals surface area (Å²) in [6.07, 6.45) is 6.27. The highest BCUT2D eigenvalue weighted by Gasteiger charge is 2.28. The zero-order valence-electron chi connectivity index (χ0n) is 12.1. The number of hydrogen-bond acceptors (Lipinski definition) is 5. The second kappa shape index (κ2) is 6.12. The van der Waals surface area contributed by atoms with E-state index < -0.39 is 10.0 Å². The van der Waals surface area contributed by atoms with Crippen LogP contribution in [0.5, 0.6) is 0 Å². The van der Waals surface area contributed by atoms with E-state index in [-0.39, 0.29) is 6.04 Å². The first-order chi connectivity index (χ1) is 10.6. The Morgan fingerprint density at radius 1 is 1.09 bits per heavy atom. The van der Waals surface area contributed by atoms with Crippen LogP contribution in [0.1, 0.15) is 12.8 Å². The summed E-state index contributed by atoms with van der Waals surface area (Å²) < 4.78 is 26.7. The molecule has 1 aliphatic heterocycles. The van der Waals surface area contributed by atoms with Crippen LogP contribution in [0, 0.1) is 0 Å². The van der Waals surface area contributed by atoms with Crippen molar-refractivity contribution in [1.82, 2.24) is 14.3 Å². The first-order valence-corrected chi connectivity index (χ1v) is 8.63. The third-order valence-corrected chi connectivity index (χ3v) is 5.76. The minimum Gasteiger partial charge on any atom is -0.328 e. The fraction of sp³-hybridized carbons (Fsp3) is 0.333. The number of aromatic nitrogens is 2. The van der Waals surface area contributed by atoms with Gasteiger partial charge < -0.3 is 5.73 Å². The standard InChI is InChI=1S/C15H18N4O2S/c16-13-5-9-19(10-6-13)22(20,21)14-3-1-12(2-4-14)15-11-17-7-8-18-15/h1-4,7-8,11,13H,5-6,9-10,16H2. The van der Waals surface area contributed by atoms with E-state index in [1.54, 1.807) is 42.9 Å². The highest BCUT2D eigenvalue weighted by Crippen LogP contribution is 2.23. The molecule has 0 atom stereocenters. The molecule has 2 heterocycles. The third-order valence-electron chi connectivity index (χ3n) is 3.85. The number of hydrogen-bond donors (Lipinski definition) is 1. The summed E-state index contributed by atoms with van der Waals surface area (Å²) in [6, 6.07) is 6.85. The van der Waals surface area contributed by atoms with Gasteiger partial charge in [-0.25, -0.2) is 8.42 Å². The molecule has 1 saturated heterocycles. The summed E-state index contributed by atoms with van der Waals surface area (Å²) in [5.74, 6) is 0. The fourth-order valence-electron chi connectivity index (χ4n) is 2.51. The van der Waals surface area contributed by atoms with E-state index in [4.69, 9.17) is 5.73 Å². The fourth-order valence-corrected chi connectivity index (χ4v) is 3.98. The summed E-state index contributed by atoms with van der Waals surface area (Å²) in [5.41, 5.74) is 7.39. The monoisotopic (exact) mass is 318 g/mol. The van der Waals surface area contributed by atoms with Crippen molar-refractivity contribution in [3.05, 3.63) is 42.9 Å². The molecule has 1 aliphatic rings. The first-order valence-electron chi connectivity index (χ1n) is 7.19. The van der Waals surface area contributed by atoms with E-state index >= 15 is 0 Å². The highest BCUT2D eigenvalue weighted by molar-refractivity contribution is 7.89. The van der Waals surface area contributed by atoms with Crippen molar-refractivity contribution in [3.8, 4) is 11.3 Å². The summed E-state index contributed by atoms with van der Waals surface area (Å²) in [5, 5.41) is 0. The van der Waals surface area contributed by atoms with Crippen LogP contribution in [-0.4, -0.2) is 41.8 Å². The Morgan fingerprint density at radius 3 is 2.36 bits per heavy atom. The largest absolute Gasteiger partial charge is 0.328 e. The van der Waals surface area contributed by atoms with Gasteiger partial charge in [-0.15, -0.1) is 0 Å². The van der Waals surface area contributed by atoms with Gasteiger partial charge in [0, 0.05) is 37.1 Å². The summed E-state index contributed by atoms with van der Waals surface area (Å²) in [4.78, 5) is 8.52. The van der Waals surface area contributed by atoms with Crippen LogP contribution in [0.25, 0.3) is 11.3 Å². The number of nitrogens with zero attached hydrogens (tertiary/aromatic N) is 3. The predicted molar refractivity (Wildman–Crippen MR) is 83.4 cm³/mol. The Kier molecular flexibility index (Phi) is 4.19. The van der Waals surface area contributed by atoms with Gasteiger partial charge in [0.05, 0.1) is 16.8 Å². The second-order valence-corrected chi connectivity index (χ2v) is 7.29. The van der Waals surface area contributed by atoms with Gasteiger partial charge >= 0.3 is 0 Å².